The van der Waals surface area contributed by atoms with E-state index in [1.165, 1.54) is 39.9 Å². The Bertz CT molecular complexity index is 4390. The summed E-state index contributed by atoms with van der Waals surface area (Å²) in [5.41, 5.74) is 2.03. The Morgan fingerprint density at radius 1 is 0.782 bits per heavy atom. The standard InChI is InChI=1S/C81H104ClF3N10O11S4/c1-55(57-21-23-59(24-22-57)74-56(2)87-54-108-74)88-77(100)70-47-65(96)51-95(70)78(101)75(79(3,4)5)90-73(98)20-16-11-9-7-8-10-15-19-72(97)86-53-80(6)37-35-68(58-25-29-62(82)30-26-58)61(49-80)50-93-39-41-94(42-40-93)64-31-27-60(28-32-64)76(99)91-110(104,105)67-33-34-69(71(48-67)109(102,103)81(83,84)85)89-63(36-38-92-43-45-106-46-44-92)52-107-66-17-13-12-14-18-66/h12-14,17-18,21-34,48,54-55,63,65,70,75,89,96H,7-11,15-16,19-20,35-47,49-53H2,1-6H3,(H,86,97)(H,88,100)(H,90,98)(H,91,99)/t55-,63+,65+,70-,75+,80?/m0/s1. The second kappa shape index (κ2) is 38.4. The van der Waals surface area contributed by atoms with Gasteiger partial charge in [0.25, 0.3) is 25.8 Å². The van der Waals surface area contributed by atoms with E-state index in [0.717, 1.165) is 108 Å². The number of aliphatic hydroxyl groups excluding tert-OH is 1. The molecule has 0 radical (unpaired) electrons. The van der Waals surface area contributed by atoms with Gasteiger partial charge in [-0.1, -0.05) is 132 Å². The number of sulfone groups is 1. The van der Waals surface area contributed by atoms with Crippen LogP contribution in [0.15, 0.2) is 147 Å². The zero-order chi connectivity index (χ0) is 79.0. The number of carbonyl (C=O) groups is 5. The molecule has 1 aliphatic carbocycles. The highest BCUT2D eigenvalue weighted by atomic mass is 35.5. The van der Waals surface area contributed by atoms with Gasteiger partial charge in [0.15, 0.2) is 0 Å². The number of aliphatic hydroxyl groups is 1. The Balaban J connectivity index is 0.649. The summed E-state index contributed by atoms with van der Waals surface area (Å²) in [7, 11) is -11.0. The van der Waals surface area contributed by atoms with Crippen molar-refractivity contribution in [2.75, 3.05) is 94.6 Å². The van der Waals surface area contributed by atoms with Crippen molar-refractivity contribution in [3.05, 3.63) is 160 Å². The number of likely N-dealkylation sites (tertiary alicyclic amines) is 1. The molecule has 596 valence electrons. The van der Waals surface area contributed by atoms with E-state index in [0.29, 0.717) is 108 Å². The number of ether oxygens (including phenoxy) is 1. The summed E-state index contributed by atoms with van der Waals surface area (Å²) in [6, 6.07) is 31.2. The lowest BCUT2D eigenvalue weighted by Gasteiger charge is -2.41. The average molecular weight is 1610 g/mol. The molecule has 6 aromatic rings. The minimum absolute atomic E-state index is 0.0107. The second-order valence-corrected chi connectivity index (χ2v) is 36.7. The first-order valence-corrected chi connectivity index (χ1v) is 43.2. The Kier molecular flexibility index (Phi) is 29.7. The molecule has 6 atom stereocenters. The van der Waals surface area contributed by atoms with Crippen LogP contribution in [0, 0.1) is 17.8 Å². The van der Waals surface area contributed by atoms with Crippen LogP contribution in [-0.2, 0) is 43.8 Å². The number of benzene rings is 5. The molecule has 5 aromatic carbocycles. The maximum Gasteiger partial charge on any atom is 0.501 e. The average Bonchev–Trinajstić information content (AvgIpc) is 0.969. The number of anilines is 2. The molecule has 0 saturated carbocycles. The minimum atomic E-state index is -6.11. The van der Waals surface area contributed by atoms with Crippen molar-refractivity contribution < 1.29 is 63.8 Å². The quantitative estimate of drug-likeness (QED) is 0.0162. The van der Waals surface area contributed by atoms with Crippen LogP contribution < -0.4 is 30.9 Å². The Hall–Kier alpha value is -7.41. The van der Waals surface area contributed by atoms with Gasteiger partial charge in [0.2, 0.25) is 23.6 Å². The van der Waals surface area contributed by atoms with E-state index >= 15 is 0 Å². The molecule has 3 aliphatic heterocycles. The molecule has 0 bridgehead atoms. The van der Waals surface area contributed by atoms with Crippen LogP contribution in [0.4, 0.5) is 24.5 Å². The molecule has 4 aliphatic rings. The first-order chi connectivity index (χ1) is 52.3. The zero-order valence-electron chi connectivity index (χ0n) is 63.5. The minimum Gasteiger partial charge on any atom is -0.391 e. The molecule has 1 aromatic heterocycles. The fourth-order valence-corrected chi connectivity index (χ4v) is 18.6. The molecule has 4 heterocycles. The normalized spacial score (nSPS) is 19.2. The predicted octanol–water partition coefficient (Wildman–Crippen LogP) is 13.2. The number of halogens is 4. The van der Waals surface area contributed by atoms with Gasteiger partial charge in [0.1, 0.15) is 17.0 Å². The first kappa shape index (κ1) is 85.0. The zero-order valence-corrected chi connectivity index (χ0v) is 67.5. The summed E-state index contributed by atoms with van der Waals surface area (Å²) < 4.78 is 105. The van der Waals surface area contributed by atoms with Crippen LogP contribution in [0.2, 0.25) is 5.02 Å². The molecule has 3 fully saturated rings. The number of thiazole rings is 1. The Morgan fingerprint density at radius 2 is 1.43 bits per heavy atom. The number of alkyl halides is 3. The number of amides is 5. The number of aromatic nitrogens is 1. The van der Waals surface area contributed by atoms with Gasteiger partial charge in [0, 0.05) is 118 Å². The number of morpholine rings is 1. The van der Waals surface area contributed by atoms with Crippen LogP contribution in [0.3, 0.4) is 0 Å². The number of hydrogen-bond donors (Lipinski definition) is 6. The van der Waals surface area contributed by atoms with Crippen molar-refractivity contribution in [1.29, 1.82) is 0 Å². The predicted molar refractivity (Wildman–Crippen MR) is 427 cm³/mol. The van der Waals surface area contributed by atoms with Crippen molar-refractivity contribution in [2.24, 2.45) is 10.8 Å². The monoisotopic (exact) mass is 1610 g/mol. The number of carbonyl (C=O) groups excluding carboxylic acids is 5. The number of aryl methyl sites for hydroxylation is 1. The molecular weight excluding hydrogens is 1510 g/mol. The van der Waals surface area contributed by atoms with Crippen LogP contribution in [0.5, 0.6) is 0 Å². The fraction of sp³-hybridized carbons (Fsp3) is 0.506. The summed E-state index contributed by atoms with van der Waals surface area (Å²) in [6.07, 6.45) is 8.73. The summed E-state index contributed by atoms with van der Waals surface area (Å²) in [4.78, 5) is 80.8. The summed E-state index contributed by atoms with van der Waals surface area (Å²) in [5.74, 6) is -1.71. The SMILES string of the molecule is Cc1ncsc1-c1ccc([C@H](C)NC(=O)[C@@H]2C[C@@H](O)CN2C(=O)[C@@H](NC(=O)CCCCCCCCCC(=O)NCC2(C)CCC(c3ccc(Cl)cc3)=C(CN3CCN(c4ccc(C(=O)NS(=O)(=O)c5ccc(N[C@H](CCN6CCOCC6)CSc6ccccc6)c(S(=O)(=O)C(F)(F)F)c5)cc4)CC3)C2)C(C)(C)C)cc1. The molecule has 10 rings (SSSR count). The number of β-amino-alcohol motifs (C(OH)–C–C–N with tert-alkyl or cyclic N) is 1. The van der Waals surface area contributed by atoms with Crippen LogP contribution in [0.1, 0.15) is 158 Å². The summed E-state index contributed by atoms with van der Waals surface area (Å²) >= 11 is 9.36. The number of nitrogens with zero attached hydrogens (tertiary/aromatic N) is 5. The van der Waals surface area contributed by atoms with Gasteiger partial charge < -0.3 is 40.9 Å². The largest absolute Gasteiger partial charge is 0.501 e. The third-order valence-corrected chi connectivity index (χ3v) is 26.4. The van der Waals surface area contributed by atoms with E-state index in [1.54, 1.807) is 23.5 Å². The molecule has 6 N–H and O–H groups in total. The van der Waals surface area contributed by atoms with E-state index in [2.05, 4.69) is 60.0 Å². The topological polar surface area (TPSA) is 269 Å². The highest BCUT2D eigenvalue weighted by molar-refractivity contribution is 7.99. The van der Waals surface area contributed by atoms with Gasteiger partial charge in [-0.05, 0) is 152 Å². The van der Waals surface area contributed by atoms with Crippen molar-refractivity contribution in [3.63, 3.8) is 0 Å². The van der Waals surface area contributed by atoms with Gasteiger partial charge in [-0.3, -0.25) is 33.8 Å². The first-order valence-electron chi connectivity index (χ1n) is 38.0. The molecule has 110 heavy (non-hydrogen) atoms. The maximum atomic E-state index is 14.4. The number of nitrogens with one attached hydrogen (secondary N) is 5. The smallest absolute Gasteiger partial charge is 0.391 e. The second-order valence-electron chi connectivity index (χ2n) is 30.8. The van der Waals surface area contributed by atoms with E-state index in [-0.39, 0.29) is 54.1 Å². The molecule has 5 amide bonds. The van der Waals surface area contributed by atoms with Gasteiger partial charge in [-0.2, -0.15) is 13.2 Å². The number of thioether (sulfide) groups is 1. The van der Waals surface area contributed by atoms with Crippen molar-refractivity contribution in [1.82, 2.24) is 40.4 Å². The van der Waals surface area contributed by atoms with Crippen LogP contribution in [0.25, 0.3) is 16.0 Å². The Morgan fingerprint density at radius 3 is 2.06 bits per heavy atom. The third kappa shape index (κ3) is 23.4. The van der Waals surface area contributed by atoms with Gasteiger partial charge >= 0.3 is 5.51 Å². The summed E-state index contributed by atoms with van der Waals surface area (Å²) in [5, 5.41) is 23.7. The van der Waals surface area contributed by atoms with Crippen molar-refractivity contribution in [2.45, 2.75) is 182 Å². The highest BCUT2D eigenvalue weighted by Crippen LogP contribution is 2.44. The highest BCUT2D eigenvalue weighted by Gasteiger charge is 2.49. The molecule has 0 spiro atoms. The van der Waals surface area contributed by atoms with Crippen LogP contribution in [-0.4, -0.2) is 185 Å². The number of rotatable bonds is 34. The maximum absolute atomic E-state index is 14.4. The lowest BCUT2D eigenvalue weighted by molar-refractivity contribution is -0.144. The molecular formula is C81H104ClF3N10O11S4. The number of piperazine rings is 1. The molecule has 1 unspecified atom stereocenters. The number of sulfonamides is 1. The van der Waals surface area contributed by atoms with E-state index in [4.69, 9.17) is 16.3 Å². The van der Waals surface area contributed by atoms with Gasteiger partial charge in [-0.25, -0.2) is 26.5 Å². The number of unbranched alkanes of at least 4 members (excludes halogenated alkanes) is 6. The summed E-state index contributed by atoms with van der Waals surface area (Å²) in [6.45, 7) is 18.5. The van der Waals surface area contributed by atoms with Crippen molar-refractivity contribution in [3.8, 4) is 10.4 Å². The molecule has 29 heteroatoms. The third-order valence-electron chi connectivity index (χ3n) is 21.1. The molecule has 21 nitrogen and oxygen atoms in total. The Labute approximate surface area is 658 Å². The number of hydrogen-bond acceptors (Lipinski definition) is 18. The van der Waals surface area contributed by atoms with Gasteiger partial charge in [0.05, 0.1) is 52.0 Å². The molecule has 3 saturated heterocycles. The van der Waals surface area contributed by atoms with Gasteiger partial charge in [-0.15, -0.1) is 23.1 Å². The van der Waals surface area contributed by atoms with E-state index in [1.807, 2.05) is 112 Å². The lowest BCUT2D eigenvalue weighted by Crippen LogP contribution is -2.57. The number of allylic oxidation sites excluding steroid dienone is 1. The van der Waals surface area contributed by atoms with Crippen molar-refractivity contribution >= 4 is 101 Å². The van der Waals surface area contributed by atoms with E-state index in [9.17, 15) is 59.1 Å². The fourth-order valence-electron chi connectivity index (χ4n) is 14.6. The van der Waals surface area contributed by atoms with Crippen LogP contribution >= 0.6 is 34.7 Å². The van der Waals surface area contributed by atoms with E-state index < -0.39 is 82.3 Å². The lowest BCUT2D eigenvalue weighted by atomic mass is 9.71.